The lowest BCUT2D eigenvalue weighted by Crippen LogP contribution is -2.48. The number of ketones is 2. The number of benzene rings is 2. The topological polar surface area (TPSA) is 104 Å². The van der Waals surface area contributed by atoms with Crippen LogP contribution in [0.15, 0.2) is 94.8 Å². The zero-order chi connectivity index (χ0) is 31.7. The molecule has 0 aromatic heterocycles. The highest BCUT2D eigenvalue weighted by molar-refractivity contribution is 6.23. The molecule has 8 nitrogen and oxygen atoms in total. The van der Waals surface area contributed by atoms with Gasteiger partial charge in [-0.2, -0.15) is 0 Å². The van der Waals surface area contributed by atoms with Gasteiger partial charge in [0.15, 0.2) is 11.6 Å². The third-order valence-corrected chi connectivity index (χ3v) is 10.9. The molecule has 6 aliphatic rings. The van der Waals surface area contributed by atoms with E-state index >= 15 is 0 Å². The van der Waals surface area contributed by atoms with Crippen LogP contribution in [0.25, 0.3) is 0 Å². The molecule has 234 valence electrons. The summed E-state index contributed by atoms with van der Waals surface area (Å²) in [5, 5.41) is 10.2. The van der Waals surface area contributed by atoms with Crippen molar-refractivity contribution in [3.8, 4) is 11.5 Å². The highest BCUT2D eigenvalue weighted by atomic mass is 16.5. The van der Waals surface area contributed by atoms with Gasteiger partial charge < -0.3 is 9.84 Å². The van der Waals surface area contributed by atoms with Crippen LogP contribution in [0.3, 0.4) is 0 Å². The number of carbonyl (C=O) groups is 4. The molecule has 2 aromatic carbocycles. The highest BCUT2D eigenvalue weighted by Crippen LogP contribution is 2.55. The van der Waals surface area contributed by atoms with Gasteiger partial charge in [0.05, 0.1) is 18.1 Å². The molecule has 0 saturated carbocycles. The maximum Gasteiger partial charge on any atom is 0.233 e. The number of imide groups is 1. The van der Waals surface area contributed by atoms with Crippen LogP contribution < -0.4 is 4.74 Å². The van der Waals surface area contributed by atoms with E-state index in [0.29, 0.717) is 35.3 Å². The largest absolute Gasteiger partial charge is 0.508 e. The van der Waals surface area contributed by atoms with Crippen LogP contribution in [0, 0.1) is 23.7 Å². The number of fused-ring (bicyclic) bond motifs is 4. The van der Waals surface area contributed by atoms with Gasteiger partial charge in [0.1, 0.15) is 11.5 Å². The molecule has 8 heteroatoms. The van der Waals surface area contributed by atoms with Crippen LogP contribution in [-0.4, -0.2) is 57.4 Å². The van der Waals surface area contributed by atoms with E-state index in [-0.39, 0.29) is 47.5 Å². The monoisotopic (exact) mass is 616 g/mol. The smallest absolute Gasteiger partial charge is 0.233 e. The molecule has 0 spiro atoms. The number of nitrogens with zero attached hydrogens (tertiary/aromatic N) is 2. The van der Waals surface area contributed by atoms with Gasteiger partial charge in [-0.1, -0.05) is 42.0 Å². The van der Waals surface area contributed by atoms with Crippen molar-refractivity contribution in [2.24, 2.45) is 23.7 Å². The summed E-state index contributed by atoms with van der Waals surface area (Å²) in [5.74, 6) is -1.79. The Bertz CT molecular complexity index is 1810. The molecule has 2 amide bonds. The normalized spacial score (nSPS) is 28.1. The zero-order valence-corrected chi connectivity index (χ0v) is 25.8. The first-order valence-corrected chi connectivity index (χ1v) is 16.3. The van der Waals surface area contributed by atoms with Crippen molar-refractivity contribution in [2.45, 2.75) is 51.6 Å². The molecule has 8 rings (SSSR count). The number of piperidine rings is 1. The lowest BCUT2D eigenvalue weighted by Gasteiger charge is -2.43. The van der Waals surface area contributed by atoms with Gasteiger partial charge in [0, 0.05) is 60.3 Å². The minimum atomic E-state index is -0.568. The first kappa shape index (κ1) is 28.9. The molecular formula is C38H36N2O6. The number of ether oxygens (including phenoxy) is 1. The standard InChI is InChI=1S/C38H36N2O6/c1-21-15-31(42)35-30(36(21)43)18-29-27(33(35)24-16-23-17-26(41)7-10-32(23)46-20-24)8-9-28-34(29)38(45)40(37(28)44)25-11-13-39(14-12-25)19-22-5-3-2-4-6-22/h2-8,10,15,17,20,25,28-29,33-34,41H,9,11-14,16,18-19H2,1H3. The summed E-state index contributed by atoms with van der Waals surface area (Å²) in [6, 6.07) is 15.1. The van der Waals surface area contributed by atoms with Crippen LogP contribution in [0.4, 0.5) is 0 Å². The molecule has 4 atom stereocenters. The van der Waals surface area contributed by atoms with Crippen LogP contribution in [-0.2, 0) is 32.1 Å². The maximum atomic E-state index is 14.3. The Kier molecular flexibility index (Phi) is 6.94. The van der Waals surface area contributed by atoms with Crippen LogP contribution >= 0.6 is 0 Å². The van der Waals surface area contributed by atoms with Crippen molar-refractivity contribution < 1.29 is 29.0 Å². The summed E-state index contributed by atoms with van der Waals surface area (Å²) in [7, 11) is 0. The number of aromatic hydroxyl groups is 1. The fourth-order valence-corrected chi connectivity index (χ4v) is 8.75. The molecule has 3 aliphatic heterocycles. The molecule has 0 radical (unpaired) electrons. The van der Waals surface area contributed by atoms with Gasteiger partial charge >= 0.3 is 0 Å². The molecule has 3 aliphatic carbocycles. The van der Waals surface area contributed by atoms with Crippen molar-refractivity contribution in [1.29, 1.82) is 0 Å². The fraction of sp³-hybridized carbons (Fsp3) is 0.368. The number of phenolic OH excluding ortho intramolecular Hbond substituents is 1. The molecular weight excluding hydrogens is 580 g/mol. The second-order valence-corrected chi connectivity index (χ2v) is 13.5. The SMILES string of the molecule is CC1=CC(=O)C2=C(CC3C(=CCC4C(=O)N(C5CCN(Cc6ccccc6)CC5)C(=O)C43)C2C2=COc3ccc(O)cc3C2)C1=O. The van der Waals surface area contributed by atoms with Crippen LogP contribution in [0.2, 0.25) is 0 Å². The van der Waals surface area contributed by atoms with E-state index in [1.54, 1.807) is 36.3 Å². The second kappa shape index (κ2) is 11.1. The third kappa shape index (κ3) is 4.61. The third-order valence-electron chi connectivity index (χ3n) is 10.9. The minimum Gasteiger partial charge on any atom is -0.508 e. The van der Waals surface area contributed by atoms with Crippen molar-refractivity contribution in [1.82, 2.24) is 9.80 Å². The van der Waals surface area contributed by atoms with E-state index in [9.17, 15) is 24.3 Å². The summed E-state index contributed by atoms with van der Waals surface area (Å²) in [5.41, 5.74) is 5.06. The van der Waals surface area contributed by atoms with Gasteiger partial charge in [-0.15, -0.1) is 0 Å². The van der Waals surface area contributed by atoms with Crippen molar-refractivity contribution in [3.63, 3.8) is 0 Å². The van der Waals surface area contributed by atoms with Gasteiger partial charge in [-0.25, -0.2) is 0 Å². The number of hydrogen-bond donors (Lipinski definition) is 1. The van der Waals surface area contributed by atoms with E-state index < -0.39 is 17.8 Å². The van der Waals surface area contributed by atoms with Gasteiger partial charge in [0.2, 0.25) is 11.8 Å². The maximum absolute atomic E-state index is 14.3. The highest BCUT2D eigenvalue weighted by Gasteiger charge is 2.57. The molecule has 1 N–H and O–H groups in total. The Balaban J connectivity index is 1.09. The van der Waals surface area contributed by atoms with E-state index in [4.69, 9.17) is 4.74 Å². The average Bonchev–Trinajstić information content (AvgIpc) is 3.32. The Hall–Kier alpha value is -4.56. The Morgan fingerprint density at radius 2 is 1.74 bits per heavy atom. The number of hydrogen-bond acceptors (Lipinski definition) is 7. The first-order chi connectivity index (χ1) is 22.3. The number of amides is 2. The first-order valence-electron chi connectivity index (χ1n) is 16.3. The van der Waals surface area contributed by atoms with E-state index in [2.05, 4.69) is 23.1 Å². The second-order valence-electron chi connectivity index (χ2n) is 13.5. The number of Topliss-reactive ketones (excluding diaryl/α,β-unsaturated/α-hetero) is 1. The van der Waals surface area contributed by atoms with Crippen LogP contribution in [0.5, 0.6) is 11.5 Å². The lowest BCUT2D eigenvalue weighted by atomic mass is 9.58. The zero-order valence-electron chi connectivity index (χ0n) is 25.8. The Morgan fingerprint density at radius 1 is 0.957 bits per heavy atom. The van der Waals surface area contributed by atoms with E-state index in [1.807, 2.05) is 18.2 Å². The lowest BCUT2D eigenvalue weighted by molar-refractivity contribution is -0.144. The number of likely N-dealkylation sites (tertiary alicyclic amines) is 2. The van der Waals surface area contributed by atoms with Crippen molar-refractivity contribution in [2.75, 3.05) is 13.1 Å². The number of phenols is 1. The predicted octanol–water partition coefficient (Wildman–Crippen LogP) is 4.84. The van der Waals surface area contributed by atoms with E-state index in [1.165, 1.54) is 11.6 Å². The summed E-state index contributed by atoms with van der Waals surface area (Å²) in [4.78, 5) is 59.5. The van der Waals surface area contributed by atoms with Crippen molar-refractivity contribution in [3.05, 3.63) is 106 Å². The summed E-state index contributed by atoms with van der Waals surface area (Å²) in [6.45, 7) is 4.13. The predicted molar refractivity (Wildman–Crippen MR) is 169 cm³/mol. The summed E-state index contributed by atoms with van der Waals surface area (Å²) in [6.07, 6.45) is 7.72. The minimum absolute atomic E-state index is 0.102. The number of carbonyl (C=O) groups excluding carboxylic acids is 4. The average molecular weight is 617 g/mol. The molecule has 4 unspecified atom stereocenters. The number of allylic oxidation sites excluding steroid dienone is 7. The molecule has 2 fully saturated rings. The van der Waals surface area contributed by atoms with Gasteiger partial charge in [-0.05, 0) is 73.9 Å². The fourth-order valence-electron chi connectivity index (χ4n) is 8.75. The summed E-state index contributed by atoms with van der Waals surface area (Å²) < 4.78 is 5.99. The van der Waals surface area contributed by atoms with Gasteiger partial charge in [-0.3, -0.25) is 29.0 Å². The van der Waals surface area contributed by atoms with Gasteiger partial charge in [0.25, 0.3) is 0 Å². The number of rotatable bonds is 4. The Labute approximate surface area is 267 Å². The molecule has 2 aromatic rings. The van der Waals surface area contributed by atoms with E-state index in [0.717, 1.165) is 49.2 Å². The van der Waals surface area contributed by atoms with Crippen molar-refractivity contribution >= 4 is 23.4 Å². The Morgan fingerprint density at radius 3 is 2.52 bits per heavy atom. The summed E-state index contributed by atoms with van der Waals surface area (Å²) >= 11 is 0. The molecule has 2 saturated heterocycles. The molecule has 3 heterocycles. The van der Waals surface area contributed by atoms with Crippen LogP contribution in [0.1, 0.15) is 43.7 Å². The molecule has 46 heavy (non-hydrogen) atoms. The quantitative estimate of drug-likeness (QED) is 0.298. The molecule has 0 bridgehead atoms.